The molecule has 0 spiro atoms. The SMILES string of the molecule is O=[N+]([O-])c1cc(F)ccc1Oc1cncc(CCl)c1. The zero-order chi connectivity index (χ0) is 13.8. The number of halogens is 2. The summed E-state index contributed by atoms with van der Waals surface area (Å²) < 4.78 is 18.3. The van der Waals surface area contributed by atoms with Crippen molar-refractivity contribution in [1.82, 2.24) is 4.98 Å². The summed E-state index contributed by atoms with van der Waals surface area (Å²) in [6.45, 7) is 0. The fourth-order valence-corrected chi connectivity index (χ4v) is 1.59. The van der Waals surface area contributed by atoms with Gasteiger partial charge in [-0.3, -0.25) is 15.1 Å². The van der Waals surface area contributed by atoms with Crippen LogP contribution in [0.25, 0.3) is 0 Å². The number of pyridine rings is 1. The summed E-state index contributed by atoms with van der Waals surface area (Å²) in [5.74, 6) is -0.213. The number of hydrogen-bond donors (Lipinski definition) is 0. The first-order valence-corrected chi connectivity index (χ1v) is 5.75. The van der Waals surface area contributed by atoms with E-state index in [0.29, 0.717) is 11.3 Å². The molecular weight excluding hydrogens is 275 g/mol. The fourth-order valence-electron chi connectivity index (χ4n) is 1.44. The quantitative estimate of drug-likeness (QED) is 0.487. The molecule has 0 aliphatic carbocycles. The highest BCUT2D eigenvalue weighted by Gasteiger charge is 2.17. The first kappa shape index (κ1) is 13.2. The van der Waals surface area contributed by atoms with Gasteiger partial charge in [-0.05, 0) is 23.8 Å². The Bertz CT molecular complexity index is 622. The summed E-state index contributed by atoms with van der Waals surface area (Å²) in [4.78, 5) is 14.0. The average molecular weight is 283 g/mol. The molecule has 0 amide bonds. The summed E-state index contributed by atoms with van der Waals surface area (Å²) in [5, 5.41) is 10.8. The number of ether oxygens (including phenoxy) is 1. The smallest absolute Gasteiger partial charge is 0.314 e. The second kappa shape index (κ2) is 5.62. The summed E-state index contributed by atoms with van der Waals surface area (Å²) in [7, 11) is 0. The van der Waals surface area contributed by atoms with Crippen LogP contribution in [0.3, 0.4) is 0 Å². The lowest BCUT2D eigenvalue weighted by atomic mass is 10.3. The van der Waals surface area contributed by atoms with E-state index in [9.17, 15) is 14.5 Å². The van der Waals surface area contributed by atoms with E-state index in [2.05, 4.69) is 4.98 Å². The number of nitro groups is 1. The van der Waals surface area contributed by atoms with Crippen LogP contribution in [0, 0.1) is 15.9 Å². The second-order valence-corrected chi connectivity index (χ2v) is 3.90. The first-order chi connectivity index (χ1) is 9.10. The largest absolute Gasteiger partial charge is 0.448 e. The molecule has 1 heterocycles. The molecule has 1 aromatic carbocycles. The molecule has 0 saturated heterocycles. The summed E-state index contributed by atoms with van der Waals surface area (Å²) in [6, 6.07) is 4.68. The molecule has 2 aromatic rings. The molecule has 0 saturated carbocycles. The molecule has 2 rings (SSSR count). The number of alkyl halides is 1. The monoisotopic (exact) mass is 282 g/mol. The van der Waals surface area contributed by atoms with Gasteiger partial charge in [0, 0.05) is 12.1 Å². The molecule has 0 aliphatic heterocycles. The lowest BCUT2D eigenvalue weighted by Crippen LogP contribution is -1.95. The maximum absolute atomic E-state index is 13.0. The molecule has 5 nitrogen and oxygen atoms in total. The van der Waals surface area contributed by atoms with Crippen molar-refractivity contribution in [2.75, 3.05) is 0 Å². The van der Waals surface area contributed by atoms with E-state index >= 15 is 0 Å². The Balaban J connectivity index is 2.34. The van der Waals surface area contributed by atoms with Crippen molar-refractivity contribution in [1.29, 1.82) is 0 Å². The Morgan fingerprint density at radius 2 is 2.16 bits per heavy atom. The minimum atomic E-state index is -0.711. The van der Waals surface area contributed by atoms with E-state index in [1.54, 1.807) is 12.3 Å². The van der Waals surface area contributed by atoms with E-state index in [4.69, 9.17) is 16.3 Å². The van der Waals surface area contributed by atoms with Crippen LogP contribution < -0.4 is 4.74 Å². The third-order valence-electron chi connectivity index (χ3n) is 2.27. The van der Waals surface area contributed by atoms with Crippen LogP contribution in [0.2, 0.25) is 0 Å². The summed E-state index contributed by atoms with van der Waals surface area (Å²) in [6.07, 6.45) is 2.95. The number of benzene rings is 1. The van der Waals surface area contributed by atoms with E-state index < -0.39 is 16.4 Å². The molecule has 19 heavy (non-hydrogen) atoms. The molecule has 0 unspecified atom stereocenters. The predicted molar refractivity (Wildman–Crippen MR) is 66.9 cm³/mol. The van der Waals surface area contributed by atoms with Crippen molar-refractivity contribution >= 4 is 17.3 Å². The molecule has 0 atom stereocenters. The zero-order valence-corrected chi connectivity index (χ0v) is 10.3. The molecule has 0 N–H and O–H groups in total. The van der Waals surface area contributed by atoms with Crippen LogP contribution in [-0.2, 0) is 5.88 Å². The van der Waals surface area contributed by atoms with E-state index in [0.717, 1.165) is 12.1 Å². The van der Waals surface area contributed by atoms with Crippen LogP contribution in [-0.4, -0.2) is 9.91 Å². The van der Waals surface area contributed by atoms with Gasteiger partial charge >= 0.3 is 5.69 Å². The lowest BCUT2D eigenvalue weighted by Gasteiger charge is -2.06. The molecule has 0 bridgehead atoms. The summed E-state index contributed by atoms with van der Waals surface area (Å²) in [5.41, 5.74) is 0.264. The van der Waals surface area contributed by atoms with Gasteiger partial charge in [0.05, 0.1) is 17.2 Å². The topological polar surface area (TPSA) is 65.3 Å². The lowest BCUT2D eigenvalue weighted by molar-refractivity contribution is -0.385. The van der Waals surface area contributed by atoms with Crippen molar-refractivity contribution < 1.29 is 14.1 Å². The van der Waals surface area contributed by atoms with Crippen LogP contribution in [0.1, 0.15) is 5.56 Å². The van der Waals surface area contributed by atoms with E-state index in [1.807, 2.05) is 0 Å². The minimum absolute atomic E-state index is 0.0556. The molecule has 0 radical (unpaired) electrons. The van der Waals surface area contributed by atoms with Crippen molar-refractivity contribution in [2.45, 2.75) is 5.88 Å². The Morgan fingerprint density at radius 1 is 1.37 bits per heavy atom. The highest BCUT2D eigenvalue weighted by atomic mass is 35.5. The number of aromatic nitrogens is 1. The first-order valence-electron chi connectivity index (χ1n) is 5.22. The van der Waals surface area contributed by atoms with Gasteiger partial charge in [0.25, 0.3) is 0 Å². The highest BCUT2D eigenvalue weighted by Crippen LogP contribution is 2.31. The van der Waals surface area contributed by atoms with Gasteiger partial charge in [-0.1, -0.05) is 0 Å². The van der Waals surface area contributed by atoms with Crippen LogP contribution in [0.15, 0.2) is 36.7 Å². The third-order valence-corrected chi connectivity index (χ3v) is 2.58. The van der Waals surface area contributed by atoms with Gasteiger partial charge in [0.15, 0.2) is 0 Å². The number of hydrogen-bond acceptors (Lipinski definition) is 4. The van der Waals surface area contributed by atoms with Gasteiger partial charge in [0.2, 0.25) is 5.75 Å². The van der Waals surface area contributed by atoms with E-state index in [1.165, 1.54) is 12.3 Å². The normalized spacial score (nSPS) is 10.2. The van der Waals surface area contributed by atoms with Crippen molar-refractivity contribution in [3.63, 3.8) is 0 Å². The zero-order valence-electron chi connectivity index (χ0n) is 9.55. The van der Waals surface area contributed by atoms with Crippen molar-refractivity contribution in [3.8, 4) is 11.5 Å². The Labute approximate surface area is 112 Å². The standard InChI is InChI=1S/C12H8ClFN2O3/c13-5-8-3-10(7-15-6-8)19-12-2-1-9(14)4-11(12)16(17)18/h1-4,6-7H,5H2. The Morgan fingerprint density at radius 3 is 2.84 bits per heavy atom. The number of nitro benzene ring substituents is 1. The van der Waals surface area contributed by atoms with Crippen LogP contribution in [0.4, 0.5) is 10.1 Å². The van der Waals surface area contributed by atoms with Gasteiger partial charge < -0.3 is 4.74 Å². The van der Waals surface area contributed by atoms with Crippen LogP contribution in [0.5, 0.6) is 11.5 Å². The summed E-state index contributed by atoms with van der Waals surface area (Å²) >= 11 is 5.65. The fraction of sp³-hybridized carbons (Fsp3) is 0.0833. The van der Waals surface area contributed by atoms with Crippen molar-refractivity contribution in [3.05, 3.63) is 58.2 Å². The molecule has 98 valence electrons. The molecule has 1 aromatic heterocycles. The van der Waals surface area contributed by atoms with E-state index in [-0.39, 0.29) is 11.6 Å². The molecule has 0 aliphatic rings. The third kappa shape index (κ3) is 3.17. The molecular formula is C12H8ClFN2O3. The maximum Gasteiger partial charge on any atom is 0.314 e. The second-order valence-electron chi connectivity index (χ2n) is 3.63. The average Bonchev–Trinajstić information content (AvgIpc) is 2.41. The number of rotatable bonds is 4. The van der Waals surface area contributed by atoms with Gasteiger partial charge in [0.1, 0.15) is 11.6 Å². The minimum Gasteiger partial charge on any atom is -0.448 e. The molecule has 0 fully saturated rings. The number of nitrogens with zero attached hydrogens (tertiary/aromatic N) is 2. The predicted octanol–water partition coefficient (Wildman–Crippen LogP) is 3.66. The molecule has 7 heteroatoms. The van der Waals surface area contributed by atoms with Gasteiger partial charge in [-0.25, -0.2) is 4.39 Å². The van der Waals surface area contributed by atoms with Crippen LogP contribution >= 0.6 is 11.6 Å². The van der Waals surface area contributed by atoms with Gasteiger partial charge in [-0.2, -0.15) is 0 Å². The Kier molecular flexibility index (Phi) is 3.91. The maximum atomic E-state index is 13.0. The Hall–Kier alpha value is -2.21. The highest BCUT2D eigenvalue weighted by molar-refractivity contribution is 6.17. The van der Waals surface area contributed by atoms with Gasteiger partial charge in [-0.15, -0.1) is 11.6 Å². The van der Waals surface area contributed by atoms with Crippen molar-refractivity contribution in [2.24, 2.45) is 0 Å².